The Balaban J connectivity index is 1.83. The van der Waals surface area contributed by atoms with Crippen LogP contribution in [0.4, 0.5) is 0 Å². The Hall–Kier alpha value is -1.18. The van der Waals surface area contributed by atoms with E-state index in [1.165, 1.54) is 89.9 Å². The summed E-state index contributed by atoms with van der Waals surface area (Å²) >= 11 is 0. The van der Waals surface area contributed by atoms with Crippen molar-refractivity contribution in [1.82, 2.24) is 0 Å². The van der Waals surface area contributed by atoms with E-state index in [0.29, 0.717) is 5.56 Å². The predicted molar refractivity (Wildman–Crippen MR) is 108 cm³/mol. The van der Waals surface area contributed by atoms with Gasteiger partial charge in [-0.2, -0.15) is 0 Å². The highest BCUT2D eigenvalue weighted by Gasteiger charge is 2.05. The predicted octanol–water partition coefficient (Wildman–Crippen LogP) is 7.51. The fourth-order valence-corrected chi connectivity index (χ4v) is 3.49. The van der Waals surface area contributed by atoms with E-state index in [1.807, 2.05) is 0 Å². The lowest BCUT2D eigenvalue weighted by molar-refractivity contribution is 0.435. The lowest BCUT2D eigenvalue weighted by Crippen LogP contribution is -1.88. The highest BCUT2D eigenvalue weighted by molar-refractivity contribution is 5.42. The Kier molecular flexibility index (Phi) is 13.2. The second-order valence-electron chi connectivity index (χ2n) is 7.47. The molecule has 0 heterocycles. The minimum absolute atomic E-state index is 0.227. The van der Waals surface area contributed by atoms with E-state index in [0.717, 1.165) is 12.8 Å². The largest absolute Gasteiger partial charge is 0.508 e. The minimum Gasteiger partial charge on any atom is -0.508 e. The maximum Gasteiger partial charge on any atom is 0.122 e. The molecule has 0 bridgehead atoms. The summed E-state index contributed by atoms with van der Waals surface area (Å²) in [6.07, 6.45) is 21.1. The zero-order valence-electron chi connectivity index (χ0n) is 16.4. The second-order valence-corrected chi connectivity index (χ2v) is 7.47. The number of rotatable bonds is 16. The van der Waals surface area contributed by atoms with E-state index in [1.54, 1.807) is 18.2 Å². The summed E-state index contributed by atoms with van der Waals surface area (Å²) in [6.45, 7) is 2.28. The van der Waals surface area contributed by atoms with Gasteiger partial charge in [0.25, 0.3) is 0 Å². The average molecular weight is 349 g/mol. The van der Waals surface area contributed by atoms with Gasteiger partial charge in [-0.3, -0.25) is 0 Å². The third kappa shape index (κ3) is 11.1. The van der Waals surface area contributed by atoms with Gasteiger partial charge in [0.05, 0.1) is 0 Å². The van der Waals surface area contributed by atoms with Crippen LogP contribution in [0.3, 0.4) is 0 Å². The zero-order chi connectivity index (χ0) is 18.2. The lowest BCUT2D eigenvalue weighted by Gasteiger charge is -2.07. The molecule has 0 atom stereocenters. The normalized spacial score (nSPS) is 11.1. The van der Waals surface area contributed by atoms with Crippen molar-refractivity contribution in [3.8, 4) is 11.5 Å². The summed E-state index contributed by atoms with van der Waals surface area (Å²) < 4.78 is 0. The second kappa shape index (κ2) is 15.1. The molecule has 0 aromatic heterocycles. The number of unbranched alkanes of at least 4 members (excludes halogenated alkanes) is 14. The number of aromatic hydroxyl groups is 2. The van der Waals surface area contributed by atoms with Crippen LogP contribution in [0, 0.1) is 0 Å². The molecular weight excluding hydrogens is 308 g/mol. The van der Waals surface area contributed by atoms with E-state index in [2.05, 4.69) is 6.92 Å². The monoisotopic (exact) mass is 348 g/mol. The molecule has 2 heteroatoms. The van der Waals surface area contributed by atoms with Crippen LogP contribution in [0.25, 0.3) is 0 Å². The first-order valence-electron chi connectivity index (χ1n) is 10.8. The molecule has 0 saturated carbocycles. The molecule has 0 aliphatic carbocycles. The van der Waals surface area contributed by atoms with Crippen molar-refractivity contribution in [3.05, 3.63) is 23.8 Å². The number of phenolic OH excluding ortho intramolecular Hbond substituents is 2. The third-order valence-electron chi connectivity index (χ3n) is 5.16. The van der Waals surface area contributed by atoms with E-state index in [-0.39, 0.29) is 11.5 Å². The molecule has 0 spiro atoms. The van der Waals surface area contributed by atoms with Crippen molar-refractivity contribution >= 4 is 0 Å². The summed E-state index contributed by atoms with van der Waals surface area (Å²) in [5.41, 5.74) is 0.706. The summed E-state index contributed by atoms with van der Waals surface area (Å²) in [5, 5.41) is 19.5. The van der Waals surface area contributed by atoms with Gasteiger partial charge in [0.15, 0.2) is 0 Å². The van der Waals surface area contributed by atoms with Crippen LogP contribution in [-0.4, -0.2) is 10.2 Å². The van der Waals surface area contributed by atoms with Crippen LogP contribution < -0.4 is 0 Å². The summed E-state index contributed by atoms with van der Waals surface area (Å²) in [6, 6.07) is 4.99. The van der Waals surface area contributed by atoms with E-state index in [9.17, 15) is 10.2 Å². The van der Waals surface area contributed by atoms with Crippen molar-refractivity contribution in [1.29, 1.82) is 0 Å². The number of hydrogen-bond acceptors (Lipinski definition) is 2. The molecule has 1 rings (SSSR count). The first-order chi connectivity index (χ1) is 12.3. The highest BCUT2D eigenvalue weighted by atomic mass is 16.3. The van der Waals surface area contributed by atoms with Crippen LogP contribution in [0.5, 0.6) is 11.5 Å². The van der Waals surface area contributed by atoms with Crippen LogP contribution in [0.1, 0.15) is 109 Å². The summed E-state index contributed by atoms with van der Waals surface area (Å²) in [5.74, 6) is 0.454. The number of phenols is 2. The first kappa shape index (κ1) is 21.9. The quantitative estimate of drug-likeness (QED) is 0.303. The van der Waals surface area contributed by atoms with Gasteiger partial charge >= 0.3 is 0 Å². The number of hydrogen-bond donors (Lipinski definition) is 2. The van der Waals surface area contributed by atoms with Crippen LogP contribution in [0.2, 0.25) is 0 Å². The minimum atomic E-state index is 0.227. The zero-order valence-corrected chi connectivity index (χ0v) is 16.4. The average Bonchev–Trinajstić information content (AvgIpc) is 2.60. The Bertz CT molecular complexity index is 408. The Morgan fingerprint density at radius 2 is 0.920 bits per heavy atom. The fraction of sp³-hybridized carbons (Fsp3) is 0.739. The van der Waals surface area contributed by atoms with E-state index >= 15 is 0 Å². The van der Waals surface area contributed by atoms with Crippen molar-refractivity contribution in [2.75, 3.05) is 0 Å². The van der Waals surface area contributed by atoms with Gasteiger partial charge in [-0.15, -0.1) is 0 Å². The molecule has 2 nitrogen and oxygen atoms in total. The topological polar surface area (TPSA) is 40.5 Å². The molecular formula is C23H40O2. The van der Waals surface area contributed by atoms with Crippen LogP contribution in [-0.2, 0) is 6.42 Å². The first-order valence-corrected chi connectivity index (χ1v) is 10.8. The Morgan fingerprint density at radius 3 is 1.32 bits per heavy atom. The smallest absolute Gasteiger partial charge is 0.122 e. The van der Waals surface area contributed by atoms with E-state index in [4.69, 9.17) is 0 Å². The molecule has 0 aliphatic rings. The van der Waals surface area contributed by atoms with Gasteiger partial charge in [0.2, 0.25) is 0 Å². The molecule has 0 aliphatic heterocycles. The van der Waals surface area contributed by atoms with Gasteiger partial charge in [-0.05, 0) is 25.0 Å². The SMILES string of the molecule is CCCCCCCCCCCCCCCCCc1c(O)cccc1O. The maximum absolute atomic E-state index is 9.75. The fourth-order valence-electron chi connectivity index (χ4n) is 3.49. The molecule has 0 amide bonds. The van der Waals surface area contributed by atoms with Gasteiger partial charge in [-0.25, -0.2) is 0 Å². The lowest BCUT2D eigenvalue weighted by atomic mass is 10.0. The van der Waals surface area contributed by atoms with Crippen LogP contribution in [0.15, 0.2) is 18.2 Å². The van der Waals surface area contributed by atoms with Gasteiger partial charge < -0.3 is 10.2 Å². The van der Waals surface area contributed by atoms with Crippen LogP contribution >= 0.6 is 0 Å². The maximum atomic E-state index is 9.75. The van der Waals surface area contributed by atoms with Gasteiger partial charge in [0.1, 0.15) is 11.5 Å². The third-order valence-corrected chi connectivity index (χ3v) is 5.16. The van der Waals surface area contributed by atoms with Gasteiger partial charge in [0, 0.05) is 5.56 Å². The molecule has 0 unspecified atom stereocenters. The van der Waals surface area contributed by atoms with Crippen molar-refractivity contribution < 1.29 is 10.2 Å². The molecule has 144 valence electrons. The molecule has 0 fully saturated rings. The molecule has 1 aromatic carbocycles. The molecule has 2 N–H and O–H groups in total. The Labute approximate surface area is 155 Å². The summed E-state index contributed by atoms with van der Waals surface area (Å²) in [4.78, 5) is 0. The standard InChI is InChI=1S/C23H40O2/c1-2-3-4-5-6-7-8-9-10-11-12-13-14-15-16-18-21-22(24)19-17-20-23(21)25/h17,19-20,24-25H,2-16,18H2,1H3. The van der Waals surface area contributed by atoms with Crippen molar-refractivity contribution in [3.63, 3.8) is 0 Å². The molecule has 1 aromatic rings. The van der Waals surface area contributed by atoms with E-state index < -0.39 is 0 Å². The van der Waals surface area contributed by atoms with Crippen molar-refractivity contribution in [2.24, 2.45) is 0 Å². The Morgan fingerprint density at radius 1 is 0.560 bits per heavy atom. The highest BCUT2D eigenvalue weighted by Crippen LogP contribution is 2.28. The molecule has 0 radical (unpaired) electrons. The number of benzene rings is 1. The van der Waals surface area contributed by atoms with Crippen molar-refractivity contribution in [2.45, 2.75) is 110 Å². The molecule has 25 heavy (non-hydrogen) atoms. The summed E-state index contributed by atoms with van der Waals surface area (Å²) in [7, 11) is 0. The molecule has 0 saturated heterocycles. The van der Waals surface area contributed by atoms with Gasteiger partial charge in [-0.1, -0.05) is 103 Å².